The molecule has 0 bridgehead atoms. The molecule has 1 saturated heterocycles. The Morgan fingerprint density at radius 1 is 1.22 bits per heavy atom. The van der Waals surface area contributed by atoms with Gasteiger partial charge in [0.15, 0.2) is 0 Å². The highest BCUT2D eigenvalue weighted by molar-refractivity contribution is 7.89. The van der Waals surface area contributed by atoms with Gasteiger partial charge in [0.1, 0.15) is 5.75 Å². The number of methoxy groups -OCH3 is 1. The first-order chi connectivity index (χ1) is 12.9. The molecule has 1 fully saturated rings. The molecule has 7 nitrogen and oxygen atoms in total. The molecule has 1 aliphatic heterocycles. The van der Waals surface area contributed by atoms with E-state index in [1.165, 1.54) is 23.5 Å². The maximum absolute atomic E-state index is 12.9. The maximum atomic E-state index is 12.9. The van der Waals surface area contributed by atoms with Crippen molar-refractivity contribution in [3.05, 3.63) is 54.1 Å². The molecule has 2 aromatic rings. The van der Waals surface area contributed by atoms with Crippen LogP contribution in [0.3, 0.4) is 0 Å². The lowest BCUT2D eigenvalue weighted by molar-refractivity contribution is 0.0393. The number of amides is 1. The summed E-state index contributed by atoms with van der Waals surface area (Å²) in [5, 5.41) is 2.73. The zero-order chi connectivity index (χ0) is 19.4. The predicted molar refractivity (Wildman–Crippen MR) is 102 cm³/mol. The molecule has 27 heavy (non-hydrogen) atoms. The van der Waals surface area contributed by atoms with E-state index in [1.54, 1.807) is 36.4 Å². The number of rotatable bonds is 5. The first-order valence-corrected chi connectivity index (χ1v) is 10.0. The van der Waals surface area contributed by atoms with Crippen LogP contribution >= 0.6 is 0 Å². The van der Waals surface area contributed by atoms with E-state index in [0.717, 1.165) is 0 Å². The smallest absolute Gasteiger partial charge is 0.255 e. The molecule has 0 radical (unpaired) electrons. The normalized spacial score (nSPS) is 18.1. The average molecular weight is 390 g/mol. The van der Waals surface area contributed by atoms with Gasteiger partial charge in [-0.25, -0.2) is 8.42 Å². The van der Waals surface area contributed by atoms with Gasteiger partial charge < -0.3 is 14.8 Å². The fourth-order valence-corrected chi connectivity index (χ4v) is 4.55. The predicted octanol–water partition coefficient (Wildman–Crippen LogP) is 2.36. The number of morpholine rings is 1. The number of carbonyl (C=O) groups is 1. The monoisotopic (exact) mass is 390 g/mol. The van der Waals surface area contributed by atoms with Gasteiger partial charge in [0.25, 0.3) is 5.91 Å². The molecular weight excluding hydrogens is 368 g/mol. The first kappa shape index (κ1) is 19.3. The Morgan fingerprint density at radius 3 is 2.74 bits per heavy atom. The number of nitrogens with one attached hydrogen (secondary N) is 1. The molecule has 1 N–H and O–H groups in total. The van der Waals surface area contributed by atoms with Crippen LogP contribution in [0, 0.1) is 0 Å². The van der Waals surface area contributed by atoms with E-state index in [0.29, 0.717) is 36.8 Å². The van der Waals surface area contributed by atoms with Gasteiger partial charge in [0.05, 0.1) is 25.2 Å². The Hall–Kier alpha value is -2.42. The fraction of sp³-hybridized carbons (Fsp3) is 0.316. The number of hydrogen-bond donors (Lipinski definition) is 1. The summed E-state index contributed by atoms with van der Waals surface area (Å²) >= 11 is 0. The highest BCUT2D eigenvalue weighted by atomic mass is 32.2. The minimum Gasteiger partial charge on any atom is -0.497 e. The summed E-state index contributed by atoms with van der Waals surface area (Å²) in [7, 11) is -2.14. The summed E-state index contributed by atoms with van der Waals surface area (Å²) in [5.74, 6) is 0.225. The van der Waals surface area contributed by atoms with Crippen molar-refractivity contribution in [2.75, 3.05) is 32.2 Å². The highest BCUT2D eigenvalue weighted by Gasteiger charge is 2.31. The Morgan fingerprint density at radius 2 is 2.00 bits per heavy atom. The molecule has 1 heterocycles. The Bertz CT molecular complexity index is 929. The minimum atomic E-state index is -3.66. The van der Waals surface area contributed by atoms with E-state index in [9.17, 15) is 13.2 Å². The van der Waals surface area contributed by atoms with Gasteiger partial charge in [-0.05, 0) is 43.3 Å². The number of carbonyl (C=O) groups excluding carboxylic acids is 1. The van der Waals surface area contributed by atoms with Crippen molar-refractivity contribution in [3.8, 4) is 5.75 Å². The molecular formula is C19H22N2O5S. The van der Waals surface area contributed by atoms with Gasteiger partial charge in [-0.3, -0.25) is 4.79 Å². The van der Waals surface area contributed by atoms with Crippen LogP contribution < -0.4 is 10.1 Å². The lowest BCUT2D eigenvalue weighted by Crippen LogP contribution is -2.46. The van der Waals surface area contributed by atoms with Gasteiger partial charge in [0.2, 0.25) is 10.0 Å². The summed E-state index contributed by atoms with van der Waals surface area (Å²) < 4.78 is 37.7. The van der Waals surface area contributed by atoms with Crippen LogP contribution in [0.1, 0.15) is 17.3 Å². The number of anilines is 1. The van der Waals surface area contributed by atoms with E-state index in [2.05, 4.69) is 5.32 Å². The molecule has 1 aliphatic rings. The largest absolute Gasteiger partial charge is 0.497 e. The van der Waals surface area contributed by atoms with Crippen LogP contribution in [0.15, 0.2) is 53.4 Å². The Labute approximate surface area is 158 Å². The SMILES string of the molecule is COc1cccc(C(=O)Nc2cccc(S(=O)(=O)N3CCOCC3C)c2)c1. The quantitative estimate of drug-likeness (QED) is 0.847. The molecule has 0 saturated carbocycles. The number of benzene rings is 2. The molecule has 0 aliphatic carbocycles. The van der Waals surface area contributed by atoms with Crippen molar-refractivity contribution < 1.29 is 22.7 Å². The lowest BCUT2D eigenvalue weighted by Gasteiger charge is -2.32. The van der Waals surface area contributed by atoms with Gasteiger partial charge in [-0.1, -0.05) is 12.1 Å². The summed E-state index contributed by atoms with van der Waals surface area (Å²) in [4.78, 5) is 12.6. The van der Waals surface area contributed by atoms with E-state index < -0.39 is 10.0 Å². The molecule has 0 spiro atoms. The summed E-state index contributed by atoms with van der Waals surface area (Å²) in [6.45, 7) is 2.86. The second-order valence-corrected chi connectivity index (χ2v) is 8.14. The van der Waals surface area contributed by atoms with Crippen LogP contribution in [0.5, 0.6) is 5.75 Å². The molecule has 144 valence electrons. The number of sulfonamides is 1. The molecule has 1 unspecified atom stereocenters. The average Bonchev–Trinajstić information content (AvgIpc) is 2.68. The van der Waals surface area contributed by atoms with Crippen molar-refractivity contribution in [2.45, 2.75) is 17.9 Å². The zero-order valence-corrected chi connectivity index (χ0v) is 16.0. The van der Waals surface area contributed by atoms with Crippen molar-refractivity contribution in [3.63, 3.8) is 0 Å². The second kappa shape index (κ2) is 8.08. The van der Waals surface area contributed by atoms with Crippen molar-refractivity contribution in [1.82, 2.24) is 4.31 Å². The van der Waals surface area contributed by atoms with E-state index >= 15 is 0 Å². The molecule has 1 atom stereocenters. The number of ether oxygens (including phenoxy) is 2. The van der Waals surface area contributed by atoms with Gasteiger partial charge in [-0.15, -0.1) is 0 Å². The lowest BCUT2D eigenvalue weighted by atomic mass is 10.2. The molecule has 8 heteroatoms. The third-order valence-electron chi connectivity index (χ3n) is 4.34. The van der Waals surface area contributed by atoms with Crippen LogP contribution in [0.25, 0.3) is 0 Å². The van der Waals surface area contributed by atoms with Gasteiger partial charge in [-0.2, -0.15) is 4.31 Å². The maximum Gasteiger partial charge on any atom is 0.255 e. The third kappa shape index (κ3) is 4.29. The van der Waals surface area contributed by atoms with Crippen molar-refractivity contribution in [2.24, 2.45) is 0 Å². The van der Waals surface area contributed by atoms with E-state index in [4.69, 9.17) is 9.47 Å². The van der Waals surface area contributed by atoms with Crippen molar-refractivity contribution >= 4 is 21.6 Å². The Kier molecular flexibility index (Phi) is 5.79. The van der Waals surface area contributed by atoms with Gasteiger partial charge >= 0.3 is 0 Å². The standard InChI is InChI=1S/C19H22N2O5S/c1-14-13-26-10-9-21(14)27(23,24)18-8-4-6-16(12-18)20-19(22)15-5-3-7-17(11-15)25-2/h3-8,11-12,14H,9-10,13H2,1-2H3,(H,20,22). The molecule has 1 amide bonds. The molecule has 2 aromatic carbocycles. The van der Waals surface area contributed by atoms with Crippen LogP contribution in [-0.4, -0.2) is 51.5 Å². The fourth-order valence-electron chi connectivity index (χ4n) is 2.91. The van der Waals surface area contributed by atoms with E-state index in [1.807, 2.05) is 6.92 Å². The topological polar surface area (TPSA) is 84.9 Å². The number of hydrogen-bond acceptors (Lipinski definition) is 5. The first-order valence-electron chi connectivity index (χ1n) is 8.57. The minimum absolute atomic E-state index is 0.139. The van der Waals surface area contributed by atoms with E-state index in [-0.39, 0.29) is 16.8 Å². The molecule has 0 aromatic heterocycles. The molecule has 3 rings (SSSR count). The Balaban J connectivity index is 1.81. The van der Waals surface area contributed by atoms with Crippen LogP contribution in [0.2, 0.25) is 0 Å². The van der Waals surface area contributed by atoms with Gasteiger partial charge in [0, 0.05) is 23.8 Å². The third-order valence-corrected chi connectivity index (χ3v) is 6.35. The zero-order valence-electron chi connectivity index (χ0n) is 15.2. The van der Waals surface area contributed by atoms with Crippen molar-refractivity contribution in [1.29, 1.82) is 0 Å². The highest BCUT2D eigenvalue weighted by Crippen LogP contribution is 2.23. The summed E-state index contributed by atoms with van der Waals surface area (Å²) in [6, 6.07) is 12.8. The number of nitrogens with zero attached hydrogens (tertiary/aromatic N) is 1. The summed E-state index contributed by atoms with van der Waals surface area (Å²) in [6.07, 6.45) is 0. The van der Waals surface area contributed by atoms with Crippen LogP contribution in [0.4, 0.5) is 5.69 Å². The summed E-state index contributed by atoms with van der Waals surface area (Å²) in [5.41, 5.74) is 0.828. The van der Waals surface area contributed by atoms with Crippen LogP contribution in [-0.2, 0) is 14.8 Å². The second-order valence-electron chi connectivity index (χ2n) is 6.25.